The van der Waals surface area contributed by atoms with Crippen LogP contribution in [0, 0.1) is 29.6 Å². The van der Waals surface area contributed by atoms with Gasteiger partial charge in [-0.3, -0.25) is 9.59 Å². The molecule has 0 unspecified atom stereocenters. The van der Waals surface area contributed by atoms with Crippen LogP contribution in [-0.4, -0.2) is 22.5 Å². The molecule has 3 aliphatic rings. The predicted molar refractivity (Wildman–Crippen MR) is 96.8 cm³/mol. The van der Waals surface area contributed by atoms with Crippen LogP contribution in [-0.2, 0) is 4.79 Å². The number of carbonyl (C=O) groups is 2. The van der Waals surface area contributed by atoms with Crippen LogP contribution in [0.25, 0.3) is 0 Å². The molecule has 26 heavy (non-hydrogen) atoms. The van der Waals surface area contributed by atoms with Gasteiger partial charge in [-0.2, -0.15) is 0 Å². The minimum atomic E-state index is -1.06. The molecule has 5 atom stereocenters. The van der Waals surface area contributed by atoms with Crippen LogP contribution in [0.2, 0.25) is 0 Å². The van der Waals surface area contributed by atoms with E-state index < -0.39 is 5.60 Å². The molecule has 3 aliphatic carbocycles. The Kier molecular flexibility index (Phi) is 3.79. The number of aliphatic hydroxyl groups is 1. The van der Waals surface area contributed by atoms with E-state index in [0.29, 0.717) is 30.1 Å². The molecule has 1 aromatic carbocycles. The second kappa shape index (κ2) is 5.69. The van der Waals surface area contributed by atoms with Crippen molar-refractivity contribution in [2.45, 2.75) is 57.5 Å². The van der Waals surface area contributed by atoms with E-state index in [0.717, 1.165) is 24.8 Å². The number of ketones is 1. The second-order valence-corrected chi connectivity index (χ2v) is 8.35. The number of esters is 1. The number of ether oxygens (including phenoxy) is 1. The Morgan fingerprint density at radius 3 is 2.81 bits per heavy atom. The van der Waals surface area contributed by atoms with E-state index in [-0.39, 0.29) is 29.0 Å². The first-order valence-corrected chi connectivity index (χ1v) is 9.35. The minimum Gasteiger partial charge on any atom is -0.427 e. The summed E-state index contributed by atoms with van der Waals surface area (Å²) in [5.74, 6) is 3.55. The Labute approximate surface area is 153 Å². The van der Waals surface area contributed by atoms with Gasteiger partial charge in [0.2, 0.25) is 0 Å². The lowest BCUT2D eigenvalue weighted by Crippen LogP contribution is -2.50. The monoisotopic (exact) mass is 352 g/mol. The first kappa shape index (κ1) is 17.3. The Bertz CT molecular complexity index is 835. The van der Waals surface area contributed by atoms with Crippen LogP contribution in [0.1, 0.15) is 67.8 Å². The molecule has 1 aromatic rings. The first-order valence-electron chi connectivity index (χ1n) is 9.35. The van der Waals surface area contributed by atoms with Gasteiger partial charge in [0.05, 0.1) is 0 Å². The van der Waals surface area contributed by atoms with Crippen molar-refractivity contribution in [3.8, 4) is 18.1 Å². The maximum atomic E-state index is 12.9. The van der Waals surface area contributed by atoms with E-state index >= 15 is 0 Å². The van der Waals surface area contributed by atoms with E-state index in [1.807, 2.05) is 6.07 Å². The molecule has 2 fully saturated rings. The first-order chi connectivity index (χ1) is 12.3. The van der Waals surface area contributed by atoms with E-state index in [1.165, 1.54) is 6.92 Å². The van der Waals surface area contributed by atoms with Crippen molar-refractivity contribution in [3.63, 3.8) is 0 Å². The summed E-state index contributed by atoms with van der Waals surface area (Å²) in [5.41, 5.74) is 0.350. The van der Waals surface area contributed by atoms with Crippen molar-refractivity contribution in [1.82, 2.24) is 0 Å². The average Bonchev–Trinajstić information content (AvgIpc) is 2.87. The molecule has 0 heterocycles. The summed E-state index contributed by atoms with van der Waals surface area (Å²) in [4.78, 5) is 24.1. The zero-order valence-electron chi connectivity index (χ0n) is 15.2. The number of terminal acetylenes is 1. The van der Waals surface area contributed by atoms with Crippen LogP contribution >= 0.6 is 0 Å². The van der Waals surface area contributed by atoms with E-state index in [2.05, 4.69) is 12.8 Å². The van der Waals surface area contributed by atoms with Crippen molar-refractivity contribution in [3.05, 3.63) is 29.3 Å². The summed E-state index contributed by atoms with van der Waals surface area (Å²) in [5, 5.41) is 11.0. The molecule has 4 nitrogen and oxygen atoms in total. The Morgan fingerprint density at radius 2 is 2.12 bits per heavy atom. The van der Waals surface area contributed by atoms with Gasteiger partial charge in [-0.05, 0) is 61.1 Å². The Hall–Kier alpha value is -2.12. The fourth-order valence-electron chi connectivity index (χ4n) is 5.87. The molecule has 0 aliphatic heterocycles. The van der Waals surface area contributed by atoms with Gasteiger partial charge < -0.3 is 9.84 Å². The summed E-state index contributed by atoms with van der Waals surface area (Å²) in [6, 6.07) is 5.42. The molecule has 0 radical (unpaired) electrons. The number of hydrogen-bond acceptors (Lipinski definition) is 4. The molecule has 0 aromatic heterocycles. The summed E-state index contributed by atoms with van der Waals surface area (Å²) >= 11 is 0. The highest BCUT2D eigenvalue weighted by molar-refractivity contribution is 5.99. The molecule has 0 spiro atoms. The standard InChI is InChI=1S/C22H24O4/c1-4-22(25)10-8-19-17-12-20(24)18-11-14(26-13(2)23)5-6-15(18)16(17)7-9-21(19,22)3/h1,5-6,11,16-17,19,25H,7-10,12H2,2-3H3/t16-,17-,19+,21+,22+/m1/s1. The van der Waals surface area contributed by atoms with E-state index in [4.69, 9.17) is 11.2 Å². The number of carbonyl (C=O) groups excluding carboxylic acids is 2. The largest absolute Gasteiger partial charge is 0.427 e. The summed E-state index contributed by atoms with van der Waals surface area (Å²) in [6.07, 6.45) is 9.40. The van der Waals surface area contributed by atoms with E-state index in [9.17, 15) is 14.7 Å². The van der Waals surface area contributed by atoms with Crippen molar-refractivity contribution in [1.29, 1.82) is 0 Å². The van der Waals surface area contributed by atoms with Gasteiger partial charge in [-0.1, -0.05) is 18.9 Å². The number of hydrogen-bond donors (Lipinski definition) is 1. The molecule has 0 amide bonds. The normalized spacial score (nSPS) is 37.9. The van der Waals surface area contributed by atoms with Gasteiger partial charge in [-0.25, -0.2) is 0 Å². The third kappa shape index (κ3) is 2.27. The summed E-state index contributed by atoms with van der Waals surface area (Å²) in [7, 11) is 0. The van der Waals surface area contributed by atoms with Gasteiger partial charge in [0.1, 0.15) is 11.4 Å². The quantitative estimate of drug-likeness (QED) is 0.477. The van der Waals surface area contributed by atoms with Gasteiger partial charge in [0, 0.05) is 24.3 Å². The lowest BCUT2D eigenvalue weighted by molar-refractivity contribution is -0.131. The smallest absolute Gasteiger partial charge is 0.308 e. The molecular formula is C22H24O4. The van der Waals surface area contributed by atoms with Gasteiger partial charge in [0.15, 0.2) is 5.78 Å². The Balaban J connectivity index is 1.71. The van der Waals surface area contributed by atoms with E-state index in [1.54, 1.807) is 12.1 Å². The van der Waals surface area contributed by atoms with Gasteiger partial charge in [-0.15, -0.1) is 6.42 Å². The van der Waals surface area contributed by atoms with Gasteiger partial charge in [0.25, 0.3) is 0 Å². The maximum Gasteiger partial charge on any atom is 0.308 e. The fourth-order valence-corrected chi connectivity index (χ4v) is 5.87. The number of rotatable bonds is 1. The number of fused-ring (bicyclic) bond motifs is 5. The topological polar surface area (TPSA) is 63.6 Å². The average molecular weight is 352 g/mol. The molecule has 2 saturated carbocycles. The fraction of sp³-hybridized carbons (Fsp3) is 0.545. The third-order valence-corrected chi connectivity index (χ3v) is 7.23. The molecule has 0 saturated heterocycles. The lowest BCUT2D eigenvalue weighted by atomic mass is 9.53. The summed E-state index contributed by atoms with van der Waals surface area (Å²) < 4.78 is 5.15. The minimum absolute atomic E-state index is 0.0932. The highest BCUT2D eigenvalue weighted by Gasteiger charge is 2.61. The van der Waals surface area contributed by atoms with Crippen LogP contribution in [0.4, 0.5) is 0 Å². The van der Waals surface area contributed by atoms with Crippen molar-refractivity contribution >= 4 is 11.8 Å². The maximum absolute atomic E-state index is 12.9. The SMILES string of the molecule is C#C[C@]1(O)CC[C@H]2[C@@H]3CC(=O)c4cc(OC(C)=O)ccc4[C@H]3CC[C@@]21C. The highest BCUT2D eigenvalue weighted by atomic mass is 16.5. The van der Waals surface area contributed by atoms with Crippen molar-refractivity contribution < 1.29 is 19.4 Å². The third-order valence-electron chi connectivity index (χ3n) is 7.23. The highest BCUT2D eigenvalue weighted by Crippen LogP contribution is 2.64. The molecule has 4 rings (SSSR count). The molecule has 136 valence electrons. The Morgan fingerprint density at radius 1 is 1.35 bits per heavy atom. The van der Waals surface area contributed by atoms with Crippen molar-refractivity contribution in [2.24, 2.45) is 17.3 Å². The molecule has 1 N–H and O–H groups in total. The van der Waals surface area contributed by atoms with Crippen LogP contribution in [0.5, 0.6) is 5.75 Å². The number of Topliss-reactive ketones (excluding diaryl/α,β-unsaturated/α-hetero) is 1. The van der Waals surface area contributed by atoms with Gasteiger partial charge >= 0.3 is 5.97 Å². The lowest BCUT2D eigenvalue weighted by Gasteiger charge is -2.51. The zero-order valence-corrected chi connectivity index (χ0v) is 15.2. The summed E-state index contributed by atoms with van der Waals surface area (Å²) in [6.45, 7) is 3.45. The molecular weight excluding hydrogens is 328 g/mol. The molecule has 4 heteroatoms. The second-order valence-electron chi connectivity index (χ2n) is 8.35. The van der Waals surface area contributed by atoms with Crippen LogP contribution in [0.3, 0.4) is 0 Å². The molecule has 0 bridgehead atoms. The number of benzene rings is 1. The van der Waals surface area contributed by atoms with Crippen LogP contribution < -0.4 is 4.74 Å². The predicted octanol–water partition coefficient (Wildman–Crippen LogP) is 3.47. The zero-order chi connectivity index (χ0) is 18.7. The van der Waals surface area contributed by atoms with Crippen molar-refractivity contribution in [2.75, 3.05) is 0 Å². The van der Waals surface area contributed by atoms with Crippen LogP contribution in [0.15, 0.2) is 18.2 Å².